The molecule has 2 unspecified atom stereocenters. The van der Waals surface area contributed by atoms with E-state index < -0.39 is 29.5 Å². The number of aromatic nitrogens is 2. The van der Waals surface area contributed by atoms with Gasteiger partial charge in [0.2, 0.25) is 0 Å². The maximum Gasteiger partial charge on any atom is 0.416 e. The molecule has 5 rings (SSSR count). The number of rotatable bonds is 9. The van der Waals surface area contributed by atoms with Crippen LogP contribution in [0.4, 0.5) is 29.1 Å². The molecule has 242 valence electrons. The van der Waals surface area contributed by atoms with E-state index in [1.54, 1.807) is 6.07 Å². The lowest BCUT2D eigenvalue weighted by molar-refractivity contribution is -0.138. The van der Waals surface area contributed by atoms with Crippen molar-refractivity contribution >= 4 is 17.4 Å². The van der Waals surface area contributed by atoms with Gasteiger partial charge in [-0.05, 0) is 64.9 Å². The normalized spacial score (nSPS) is 20.9. The summed E-state index contributed by atoms with van der Waals surface area (Å²) in [4.78, 5) is 29.5. The van der Waals surface area contributed by atoms with Crippen LogP contribution in [0.25, 0.3) is 0 Å². The van der Waals surface area contributed by atoms with Crippen molar-refractivity contribution in [2.45, 2.75) is 64.3 Å². The number of benzene rings is 1. The molecule has 2 atom stereocenters. The number of anilines is 2. The number of amides is 1. The first-order chi connectivity index (χ1) is 21.2. The molecule has 1 saturated carbocycles. The second-order valence-corrected chi connectivity index (χ2v) is 12.8. The summed E-state index contributed by atoms with van der Waals surface area (Å²) in [6.45, 7) is 8.85. The Morgan fingerprint density at radius 2 is 1.98 bits per heavy atom. The number of nitrogens with zero attached hydrogens (tertiary/aromatic N) is 7. The van der Waals surface area contributed by atoms with Crippen molar-refractivity contribution in [1.29, 1.82) is 5.26 Å². The zero-order chi connectivity index (χ0) is 32.7. The zero-order valence-electron chi connectivity index (χ0n) is 26.1. The molecule has 3 aliphatic rings. The molecule has 0 spiro atoms. The Bertz CT molecular complexity index is 1500. The average molecular weight is 630 g/mol. The van der Waals surface area contributed by atoms with Crippen LogP contribution < -0.4 is 14.5 Å². The summed E-state index contributed by atoms with van der Waals surface area (Å²) >= 11 is 0. The number of ether oxygens (including phenoxy) is 1. The first kappa shape index (κ1) is 32.5. The van der Waals surface area contributed by atoms with Crippen molar-refractivity contribution in [2.75, 3.05) is 56.7 Å². The van der Waals surface area contributed by atoms with Gasteiger partial charge in [0.1, 0.15) is 5.82 Å². The van der Waals surface area contributed by atoms with Gasteiger partial charge in [-0.3, -0.25) is 4.79 Å². The molecule has 1 aromatic heterocycles. The number of carbonyl (C=O) groups is 1. The Labute approximate surface area is 261 Å². The molecule has 9 nitrogen and oxygen atoms in total. The van der Waals surface area contributed by atoms with Crippen molar-refractivity contribution in [3.05, 3.63) is 53.0 Å². The van der Waals surface area contributed by atoms with Crippen LogP contribution in [-0.2, 0) is 23.9 Å². The number of alkyl halides is 3. The molecule has 45 heavy (non-hydrogen) atoms. The second-order valence-electron chi connectivity index (χ2n) is 12.8. The van der Waals surface area contributed by atoms with E-state index in [9.17, 15) is 27.6 Å². The molecule has 2 fully saturated rings. The Morgan fingerprint density at radius 3 is 2.60 bits per heavy atom. The average Bonchev–Trinajstić information content (AvgIpc) is 3.73. The van der Waals surface area contributed by atoms with Crippen LogP contribution in [0.15, 0.2) is 30.6 Å². The van der Waals surface area contributed by atoms with Gasteiger partial charge in [-0.25, -0.2) is 4.39 Å². The van der Waals surface area contributed by atoms with E-state index in [1.807, 2.05) is 30.8 Å². The summed E-state index contributed by atoms with van der Waals surface area (Å²) in [5, 5.41) is 9.48. The fraction of sp³-hybridized carbons (Fsp3) is 0.562. The lowest BCUT2D eigenvalue weighted by Crippen LogP contribution is -2.56. The van der Waals surface area contributed by atoms with Gasteiger partial charge in [0, 0.05) is 48.9 Å². The van der Waals surface area contributed by atoms with Crippen LogP contribution in [0.3, 0.4) is 0 Å². The smallest absolute Gasteiger partial charge is 0.416 e. The van der Waals surface area contributed by atoms with E-state index in [0.29, 0.717) is 36.8 Å². The molecule has 13 heteroatoms. The van der Waals surface area contributed by atoms with E-state index >= 15 is 0 Å². The summed E-state index contributed by atoms with van der Waals surface area (Å²) in [6, 6.07) is 5.72. The third kappa shape index (κ3) is 6.85. The topological polar surface area (TPSA) is 88.8 Å². The molecule has 2 aliphatic heterocycles. The van der Waals surface area contributed by atoms with Gasteiger partial charge in [-0.15, -0.1) is 0 Å². The predicted octanol–water partition coefficient (Wildman–Crippen LogP) is 4.89. The zero-order valence-corrected chi connectivity index (χ0v) is 26.1. The van der Waals surface area contributed by atoms with Gasteiger partial charge >= 0.3 is 12.2 Å². The van der Waals surface area contributed by atoms with Crippen LogP contribution in [0.2, 0.25) is 0 Å². The highest BCUT2D eigenvalue weighted by atomic mass is 19.4. The van der Waals surface area contributed by atoms with Crippen molar-refractivity contribution in [1.82, 2.24) is 19.8 Å². The van der Waals surface area contributed by atoms with E-state index in [0.717, 1.165) is 31.0 Å². The van der Waals surface area contributed by atoms with Gasteiger partial charge in [0.05, 0.1) is 42.9 Å². The fourth-order valence-corrected chi connectivity index (χ4v) is 6.61. The van der Waals surface area contributed by atoms with E-state index in [1.165, 1.54) is 17.9 Å². The van der Waals surface area contributed by atoms with E-state index in [-0.39, 0.29) is 49.1 Å². The Morgan fingerprint density at radius 1 is 1.24 bits per heavy atom. The molecule has 1 saturated heterocycles. The van der Waals surface area contributed by atoms with Crippen molar-refractivity contribution in [2.24, 2.45) is 5.41 Å². The van der Waals surface area contributed by atoms with Gasteiger partial charge in [-0.1, -0.05) is 12.6 Å². The number of carbonyl (C=O) groups excluding carboxylic acids is 1. The maximum absolute atomic E-state index is 13.8. The van der Waals surface area contributed by atoms with Gasteiger partial charge < -0.3 is 24.3 Å². The largest absolute Gasteiger partial charge is 0.463 e. The van der Waals surface area contributed by atoms with E-state index in [2.05, 4.69) is 17.5 Å². The highest BCUT2D eigenvalue weighted by Gasteiger charge is 2.44. The Hall–Kier alpha value is -3.92. The highest BCUT2D eigenvalue weighted by molar-refractivity contribution is 5.91. The van der Waals surface area contributed by atoms with Crippen LogP contribution >= 0.6 is 0 Å². The lowest BCUT2D eigenvalue weighted by atomic mass is 9.95. The van der Waals surface area contributed by atoms with Gasteiger partial charge in [0.25, 0.3) is 5.91 Å². The minimum absolute atomic E-state index is 0.00178. The number of hydrogen-bond donors (Lipinski definition) is 0. The standard InChI is InChI=1S/C32H39F4N7O2/c1-20-15-24-26(17-43(20)27-8-6-7-25(21(27)2)32(34,35)36)38-30(45-19-31(10-11-31)18-40(4)5)39-28(24)41-13-14-42(29(44)22(3)33)23(16-41)9-12-37/h6-8,20,23H,3,9-11,13-19H2,1-2,4-5H3. The monoisotopic (exact) mass is 629 g/mol. The number of fused-ring (bicyclic) bond motifs is 1. The number of hydrogen-bond acceptors (Lipinski definition) is 8. The molecule has 0 bridgehead atoms. The van der Waals surface area contributed by atoms with Gasteiger partial charge in [-0.2, -0.15) is 28.4 Å². The first-order valence-corrected chi connectivity index (χ1v) is 15.1. The summed E-state index contributed by atoms with van der Waals surface area (Å²) in [5.74, 6) is -1.30. The predicted molar refractivity (Wildman–Crippen MR) is 161 cm³/mol. The molecule has 0 N–H and O–H groups in total. The van der Waals surface area contributed by atoms with Crippen molar-refractivity contribution in [3.63, 3.8) is 0 Å². The minimum atomic E-state index is -4.48. The number of nitriles is 1. The third-order valence-electron chi connectivity index (χ3n) is 9.04. The lowest BCUT2D eigenvalue weighted by Gasteiger charge is -2.43. The SMILES string of the molecule is C=C(F)C(=O)N1CCN(c2nc(OCC3(CN(C)C)CC3)nc3c2CC(C)N(c2cccc(C(F)(F)F)c2C)C3)CC1CC#N. The summed E-state index contributed by atoms with van der Waals surface area (Å²) in [7, 11) is 4.03. The second kappa shape index (κ2) is 12.5. The van der Waals surface area contributed by atoms with Crippen molar-refractivity contribution < 1.29 is 27.1 Å². The maximum atomic E-state index is 13.8. The molecule has 0 radical (unpaired) electrons. The Kier molecular flexibility index (Phi) is 8.99. The molecule has 1 amide bonds. The first-order valence-electron chi connectivity index (χ1n) is 15.1. The molecular formula is C32H39F4N7O2. The summed E-state index contributed by atoms with van der Waals surface area (Å²) < 4.78 is 61.4. The molecular weight excluding hydrogens is 590 g/mol. The van der Waals surface area contributed by atoms with Crippen LogP contribution in [0.1, 0.15) is 48.6 Å². The van der Waals surface area contributed by atoms with E-state index in [4.69, 9.17) is 14.7 Å². The van der Waals surface area contributed by atoms with Crippen LogP contribution in [0.5, 0.6) is 6.01 Å². The summed E-state index contributed by atoms with van der Waals surface area (Å²) in [6.07, 6.45) is -1.98. The molecule has 3 heterocycles. The minimum Gasteiger partial charge on any atom is -0.463 e. The highest BCUT2D eigenvalue weighted by Crippen LogP contribution is 2.46. The fourth-order valence-electron chi connectivity index (χ4n) is 6.61. The molecule has 1 aromatic carbocycles. The van der Waals surface area contributed by atoms with Crippen LogP contribution in [0, 0.1) is 23.7 Å². The number of piperazine rings is 1. The molecule has 1 aliphatic carbocycles. The number of halogens is 4. The summed E-state index contributed by atoms with van der Waals surface area (Å²) in [5.41, 5.74) is 1.47. The van der Waals surface area contributed by atoms with Gasteiger partial charge in [0.15, 0.2) is 5.83 Å². The van der Waals surface area contributed by atoms with Crippen LogP contribution in [-0.4, -0.2) is 84.6 Å². The van der Waals surface area contributed by atoms with Crippen molar-refractivity contribution in [3.8, 4) is 12.1 Å². The quantitative estimate of drug-likeness (QED) is 0.286. The molecule has 2 aromatic rings. The third-order valence-corrected chi connectivity index (χ3v) is 9.04. The Balaban J connectivity index is 1.51.